The molecule has 10 rings (SSSR count). The highest BCUT2D eigenvalue weighted by atomic mass is 15.2. The van der Waals surface area contributed by atoms with Crippen molar-refractivity contribution in [3.8, 4) is 28.3 Å². The zero-order chi connectivity index (χ0) is 30.6. The first-order valence-electron chi connectivity index (χ1n) is 15.8. The fourth-order valence-electron chi connectivity index (χ4n) is 7.92. The lowest BCUT2D eigenvalue weighted by Gasteiger charge is -2.23. The zero-order valence-electron chi connectivity index (χ0n) is 25.5. The summed E-state index contributed by atoms with van der Waals surface area (Å²) >= 11 is 0. The Morgan fingerprint density at radius 3 is 2.13 bits per heavy atom. The first-order valence-corrected chi connectivity index (χ1v) is 15.8. The molecule has 0 amide bonds. The van der Waals surface area contributed by atoms with Crippen LogP contribution in [0.5, 0.6) is 0 Å². The minimum atomic E-state index is -0.167. The number of para-hydroxylation sites is 1. The third-order valence-corrected chi connectivity index (χ3v) is 10.0. The van der Waals surface area contributed by atoms with Gasteiger partial charge in [-0.05, 0) is 51.2 Å². The van der Waals surface area contributed by atoms with Crippen LogP contribution < -0.4 is 0 Å². The summed E-state index contributed by atoms with van der Waals surface area (Å²) in [4.78, 5) is 15.4. The van der Waals surface area contributed by atoms with Gasteiger partial charge in [-0.15, -0.1) is 0 Å². The maximum absolute atomic E-state index is 5.28. The summed E-state index contributed by atoms with van der Waals surface area (Å²) in [6, 6.07) is 45.5. The first kappa shape index (κ1) is 25.5. The van der Waals surface area contributed by atoms with E-state index in [9.17, 15) is 0 Å². The molecule has 0 bridgehead atoms. The lowest BCUT2D eigenvalue weighted by molar-refractivity contribution is 0.667. The van der Waals surface area contributed by atoms with Crippen LogP contribution in [-0.4, -0.2) is 19.5 Å². The molecule has 4 nitrogen and oxygen atoms in total. The number of aromatic nitrogens is 4. The number of benzene rings is 6. The van der Waals surface area contributed by atoms with Gasteiger partial charge in [0.2, 0.25) is 5.95 Å². The number of rotatable bonds is 2. The van der Waals surface area contributed by atoms with Crippen molar-refractivity contribution >= 4 is 54.4 Å². The van der Waals surface area contributed by atoms with Crippen LogP contribution >= 0.6 is 0 Å². The molecule has 0 aliphatic heterocycles. The van der Waals surface area contributed by atoms with Gasteiger partial charge in [-0.2, -0.15) is 0 Å². The standard InChI is InChI=1S/C42H28N4/c1-42(2)34-23-37-33(22-32(34)29-21-20-25-12-6-7-15-27(25)38(29)42)28-16-10-11-19-36(28)46(37)41-43-24-35-40(45-41)31-18-9-8-17-30(31)39(44-35)26-13-4-3-5-14-26/h3-24H,1-2H3. The van der Waals surface area contributed by atoms with Crippen molar-refractivity contribution in [3.63, 3.8) is 0 Å². The predicted octanol–water partition coefficient (Wildman–Crippen LogP) is 10.4. The molecule has 0 radical (unpaired) electrons. The number of hydrogen-bond donors (Lipinski definition) is 0. The molecule has 6 aromatic carbocycles. The average Bonchev–Trinajstić information content (AvgIpc) is 3.55. The van der Waals surface area contributed by atoms with E-state index in [4.69, 9.17) is 15.0 Å². The Labute approximate surface area is 265 Å². The van der Waals surface area contributed by atoms with Crippen LogP contribution in [-0.2, 0) is 5.41 Å². The van der Waals surface area contributed by atoms with Gasteiger partial charge in [0.15, 0.2) is 0 Å². The third kappa shape index (κ3) is 3.36. The number of hydrogen-bond acceptors (Lipinski definition) is 3. The molecule has 0 N–H and O–H groups in total. The van der Waals surface area contributed by atoms with Gasteiger partial charge in [-0.3, -0.25) is 4.57 Å². The van der Waals surface area contributed by atoms with E-state index in [0.29, 0.717) is 5.95 Å². The molecule has 3 aromatic heterocycles. The van der Waals surface area contributed by atoms with Crippen molar-refractivity contribution in [2.24, 2.45) is 0 Å². The molecule has 9 aromatic rings. The summed E-state index contributed by atoms with van der Waals surface area (Å²) in [7, 11) is 0. The van der Waals surface area contributed by atoms with Gasteiger partial charge in [-0.1, -0.05) is 123 Å². The Kier molecular flexibility index (Phi) is 5.03. The molecule has 0 spiro atoms. The highest BCUT2D eigenvalue weighted by Gasteiger charge is 2.37. The van der Waals surface area contributed by atoms with Gasteiger partial charge in [0.25, 0.3) is 0 Å². The SMILES string of the molecule is CC1(C)c2cc3c(cc2-c2ccc4ccccc4c21)c1ccccc1n3-c1ncc2nc(-c3ccccc3)c3ccccc3c2n1. The Hall–Kier alpha value is -5.87. The Balaban J connectivity index is 1.26. The van der Waals surface area contributed by atoms with Crippen LogP contribution in [0.15, 0.2) is 134 Å². The van der Waals surface area contributed by atoms with Crippen LogP contribution in [0.2, 0.25) is 0 Å². The molecule has 0 saturated carbocycles. The van der Waals surface area contributed by atoms with E-state index in [1.54, 1.807) is 0 Å². The number of nitrogens with zero attached hydrogens (tertiary/aromatic N) is 4. The predicted molar refractivity (Wildman–Crippen MR) is 190 cm³/mol. The minimum Gasteiger partial charge on any atom is -0.278 e. The van der Waals surface area contributed by atoms with Gasteiger partial charge in [0.05, 0.1) is 22.9 Å². The van der Waals surface area contributed by atoms with Gasteiger partial charge in [-0.25, -0.2) is 15.0 Å². The van der Waals surface area contributed by atoms with Crippen molar-refractivity contribution in [2.75, 3.05) is 0 Å². The van der Waals surface area contributed by atoms with Crippen LogP contribution in [0.3, 0.4) is 0 Å². The smallest absolute Gasteiger partial charge is 0.235 e. The Morgan fingerprint density at radius 1 is 0.565 bits per heavy atom. The summed E-state index contributed by atoms with van der Waals surface area (Å²) in [5, 5.41) is 7.15. The van der Waals surface area contributed by atoms with E-state index >= 15 is 0 Å². The van der Waals surface area contributed by atoms with Crippen LogP contribution in [0.1, 0.15) is 25.0 Å². The molecule has 46 heavy (non-hydrogen) atoms. The highest BCUT2D eigenvalue weighted by molar-refractivity contribution is 6.13. The lowest BCUT2D eigenvalue weighted by atomic mass is 9.80. The van der Waals surface area contributed by atoms with E-state index in [2.05, 4.69) is 140 Å². The monoisotopic (exact) mass is 588 g/mol. The molecule has 1 aliphatic rings. The summed E-state index contributed by atoms with van der Waals surface area (Å²) in [5.41, 5.74) is 11.1. The second kappa shape index (κ2) is 9.09. The number of pyridine rings is 1. The molecule has 0 saturated heterocycles. The second-order valence-corrected chi connectivity index (χ2v) is 12.9. The zero-order valence-corrected chi connectivity index (χ0v) is 25.5. The Morgan fingerprint density at radius 2 is 1.28 bits per heavy atom. The van der Waals surface area contributed by atoms with Crippen LogP contribution in [0.25, 0.3) is 82.7 Å². The van der Waals surface area contributed by atoms with Gasteiger partial charge < -0.3 is 0 Å². The van der Waals surface area contributed by atoms with E-state index < -0.39 is 0 Å². The lowest BCUT2D eigenvalue weighted by Crippen LogP contribution is -2.15. The quantitative estimate of drug-likeness (QED) is 0.189. The molecule has 0 fully saturated rings. The van der Waals surface area contributed by atoms with Crippen molar-refractivity contribution in [1.82, 2.24) is 19.5 Å². The van der Waals surface area contributed by atoms with E-state index in [0.717, 1.165) is 44.1 Å². The fourth-order valence-corrected chi connectivity index (χ4v) is 7.92. The van der Waals surface area contributed by atoms with Gasteiger partial charge in [0.1, 0.15) is 11.0 Å². The molecule has 1 aliphatic carbocycles. The maximum Gasteiger partial charge on any atom is 0.235 e. The van der Waals surface area contributed by atoms with E-state index in [1.807, 2.05) is 12.3 Å². The summed E-state index contributed by atoms with van der Waals surface area (Å²) in [6.45, 7) is 4.72. The average molecular weight is 589 g/mol. The second-order valence-electron chi connectivity index (χ2n) is 12.9. The molecule has 0 atom stereocenters. The third-order valence-electron chi connectivity index (χ3n) is 10.0. The summed E-state index contributed by atoms with van der Waals surface area (Å²) < 4.78 is 2.24. The first-order chi connectivity index (χ1) is 22.6. The highest BCUT2D eigenvalue weighted by Crippen LogP contribution is 2.53. The molecular weight excluding hydrogens is 560 g/mol. The minimum absolute atomic E-state index is 0.167. The Bertz CT molecular complexity index is 2720. The van der Waals surface area contributed by atoms with Crippen molar-refractivity contribution in [2.45, 2.75) is 19.3 Å². The summed E-state index contributed by atoms with van der Waals surface area (Å²) in [5.74, 6) is 0.650. The molecule has 216 valence electrons. The molecule has 0 unspecified atom stereocenters. The maximum atomic E-state index is 5.28. The van der Waals surface area contributed by atoms with Gasteiger partial charge in [0, 0.05) is 32.5 Å². The fraction of sp³-hybridized carbons (Fsp3) is 0.0714. The van der Waals surface area contributed by atoms with Gasteiger partial charge >= 0.3 is 0 Å². The van der Waals surface area contributed by atoms with E-state index in [1.165, 1.54) is 43.8 Å². The number of fused-ring (bicyclic) bond motifs is 11. The van der Waals surface area contributed by atoms with Crippen molar-refractivity contribution < 1.29 is 0 Å². The molecular formula is C42H28N4. The van der Waals surface area contributed by atoms with Crippen LogP contribution in [0.4, 0.5) is 0 Å². The molecule has 4 heteroatoms. The topological polar surface area (TPSA) is 43.6 Å². The van der Waals surface area contributed by atoms with Crippen molar-refractivity contribution in [1.29, 1.82) is 0 Å². The molecule has 3 heterocycles. The van der Waals surface area contributed by atoms with Crippen LogP contribution in [0, 0.1) is 0 Å². The summed E-state index contributed by atoms with van der Waals surface area (Å²) in [6.07, 6.45) is 1.89. The van der Waals surface area contributed by atoms with E-state index in [-0.39, 0.29) is 5.41 Å². The normalized spacial score (nSPS) is 13.6. The largest absolute Gasteiger partial charge is 0.278 e. The van der Waals surface area contributed by atoms with Crippen molar-refractivity contribution in [3.05, 3.63) is 145 Å².